The molecule has 1 aromatic rings. The van der Waals surface area contributed by atoms with Crippen molar-refractivity contribution >= 4 is 23.3 Å². The van der Waals surface area contributed by atoms with Crippen LogP contribution in [0.4, 0.5) is 0 Å². The summed E-state index contributed by atoms with van der Waals surface area (Å²) in [5, 5.41) is 14.0. The van der Waals surface area contributed by atoms with E-state index in [0.29, 0.717) is 10.6 Å². The van der Waals surface area contributed by atoms with Crippen LogP contribution in [-0.4, -0.2) is 23.5 Å². The minimum Gasteiger partial charge on any atom is -0.409 e. The van der Waals surface area contributed by atoms with Gasteiger partial charge in [0.25, 0.3) is 5.91 Å². The normalized spacial score (nSPS) is 11.1. The van der Waals surface area contributed by atoms with E-state index in [1.807, 2.05) is 0 Å². The summed E-state index contributed by atoms with van der Waals surface area (Å²) in [4.78, 5) is 11.4. The van der Waals surface area contributed by atoms with E-state index in [9.17, 15) is 4.79 Å². The van der Waals surface area contributed by atoms with E-state index in [4.69, 9.17) is 22.5 Å². The molecule has 5 nitrogen and oxygen atoms in total. The molecule has 0 unspecified atom stereocenters. The summed E-state index contributed by atoms with van der Waals surface area (Å²) in [5.74, 6) is -0.365. The van der Waals surface area contributed by atoms with Crippen LogP contribution in [0.15, 0.2) is 29.4 Å². The number of hydrogen-bond donors (Lipinski definition) is 3. The molecular weight excluding hydrogens is 218 g/mol. The molecule has 4 N–H and O–H groups in total. The van der Waals surface area contributed by atoms with Crippen molar-refractivity contribution in [3.8, 4) is 0 Å². The summed E-state index contributed by atoms with van der Waals surface area (Å²) in [6, 6.07) is 6.40. The number of carbonyl (C=O) groups is 1. The van der Waals surface area contributed by atoms with E-state index in [0.717, 1.165) is 0 Å². The molecule has 0 heterocycles. The smallest absolute Gasteiger partial charge is 0.251 e. The first-order valence-corrected chi connectivity index (χ1v) is 4.51. The van der Waals surface area contributed by atoms with Crippen molar-refractivity contribution in [1.82, 2.24) is 5.32 Å². The number of amides is 1. The van der Waals surface area contributed by atoms with Crippen molar-refractivity contribution < 1.29 is 10.0 Å². The van der Waals surface area contributed by atoms with Crippen LogP contribution in [0.25, 0.3) is 0 Å². The van der Waals surface area contributed by atoms with Crippen LogP contribution in [0.1, 0.15) is 10.4 Å². The number of carbonyl (C=O) groups excluding carboxylic acids is 1. The highest BCUT2D eigenvalue weighted by Gasteiger charge is 2.04. The van der Waals surface area contributed by atoms with E-state index >= 15 is 0 Å². The van der Waals surface area contributed by atoms with E-state index in [1.54, 1.807) is 24.3 Å². The highest BCUT2D eigenvalue weighted by molar-refractivity contribution is 6.30. The summed E-state index contributed by atoms with van der Waals surface area (Å²) in [6.07, 6.45) is 0. The van der Waals surface area contributed by atoms with Crippen LogP contribution >= 0.6 is 11.6 Å². The maximum atomic E-state index is 11.4. The van der Waals surface area contributed by atoms with Gasteiger partial charge in [-0.1, -0.05) is 16.8 Å². The van der Waals surface area contributed by atoms with E-state index < -0.39 is 0 Å². The predicted molar refractivity (Wildman–Crippen MR) is 57.2 cm³/mol. The SMILES string of the molecule is N/C(CNC(=O)c1ccc(Cl)cc1)=N\O. The van der Waals surface area contributed by atoms with Gasteiger partial charge in [0.05, 0.1) is 6.54 Å². The fourth-order valence-electron chi connectivity index (χ4n) is 0.910. The Bertz CT molecular complexity index is 375. The molecule has 0 radical (unpaired) electrons. The second-order valence-electron chi connectivity index (χ2n) is 2.78. The third kappa shape index (κ3) is 3.47. The molecule has 6 heteroatoms. The molecule has 0 bridgehead atoms. The molecule has 1 aromatic carbocycles. The van der Waals surface area contributed by atoms with Gasteiger partial charge in [0.2, 0.25) is 0 Å². The summed E-state index contributed by atoms with van der Waals surface area (Å²) in [7, 11) is 0. The second kappa shape index (κ2) is 5.21. The van der Waals surface area contributed by atoms with Gasteiger partial charge in [-0.25, -0.2) is 0 Å². The lowest BCUT2D eigenvalue weighted by Gasteiger charge is -2.03. The zero-order chi connectivity index (χ0) is 11.3. The lowest BCUT2D eigenvalue weighted by atomic mass is 10.2. The molecule has 80 valence electrons. The van der Waals surface area contributed by atoms with E-state index in [1.165, 1.54) is 0 Å². The third-order valence-corrected chi connectivity index (χ3v) is 1.92. The van der Waals surface area contributed by atoms with Gasteiger partial charge in [0.15, 0.2) is 5.84 Å². The number of nitrogens with one attached hydrogen (secondary N) is 1. The summed E-state index contributed by atoms with van der Waals surface area (Å²) in [5.41, 5.74) is 5.65. The van der Waals surface area contributed by atoms with Crippen molar-refractivity contribution in [3.05, 3.63) is 34.9 Å². The number of hydrogen-bond acceptors (Lipinski definition) is 3. The van der Waals surface area contributed by atoms with Crippen molar-refractivity contribution in [2.75, 3.05) is 6.54 Å². The van der Waals surface area contributed by atoms with Crippen molar-refractivity contribution in [1.29, 1.82) is 0 Å². The number of oxime groups is 1. The number of rotatable bonds is 3. The van der Waals surface area contributed by atoms with Crippen LogP contribution in [0.5, 0.6) is 0 Å². The lowest BCUT2D eigenvalue weighted by Crippen LogP contribution is -2.33. The van der Waals surface area contributed by atoms with E-state index in [-0.39, 0.29) is 18.3 Å². The molecule has 1 rings (SSSR count). The molecule has 0 atom stereocenters. The predicted octanol–water partition coefficient (Wildman–Crippen LogP) is 0.816. The summed E-state index contributed by atoms with van der Waals surface area (Å²) >= 11 is 5.66. The Labute approximate surface area is 91.5 Å². The highest BCUT2D eigenvalue weighted by Crippen LogP contribution is 2.08. The number of halogens is 1. The zero-order valence-corrected chi connectivity index (χ0v) is 8.53. The maximum absolute atomic E-state index is 11.4. The Morgan fingerprint density at radius 1 is 1.47 bits per heavy atom. The molecule has 0 spiro atoms. The zero-order valence-electron chi connectivity index (χ0n) is 7.77. The lowest BCUT2D eigenvalue weighted by molar-refractivity contribution is 0.0959. The highest BCUT2D eigenvalue weighted by atomic mass is 35.5. The average Bonchev–Trinajstić information content (AvgIpc) is 2.26. The number of nitrogens with two attached hydrogens (primary N) is 1. The Morgan fingerprint density at radius 2 is 2.07 bits per heavy atom. The van der Waals surface area contributed by atoms with Gasteiger partial charge in [0.1, 0.15) is 0 Å². The Hall–Kier alpha value is -1.75. The summed E-state index contributed by atoms with van der Waals surface area (Å²) < 4.78 is 0. The maximum Gasteiger partial charge on any atom is 0.251 e. The Morgan fingerprint density at radius 3 is 2.60 bits per heavy atom. The molecule has 1 amide bonds. The van der Waals surface area contributed by atoms with Crippen LogP contribution < -0.4 is 11.1 Å². The minimum absolute atomic E-state index is 0.00202. The van der Waals surface area contributed by atoms with Crippen LogP contribution in [0.2, 0.25) is 5.02 Å². The van der Waals surface area contributed by atoms with Gasteiger partial charge in [-0.3, -0.25) is 4.79 Å². The Balaban J connectivity index is 2.58. The van der Waals surface area contributed by atoms with Gasteiger partial charge in [0, 0.05) is 10.6 Å². The molecule has 15 heavy (non-hydrogen) atoms. The molecular formula is C9H10ClN3O2. The van der Waals surface area contributed by atoms with Crippen LogP contribution in [-0.2, 0) is 0 Å². The fourth-order valence-corrected chi connectivity index (χ4v) is 1.04. The van der Waals surface area contributed by atoms with Crippen molar-refractivity contribution in [2.45, 2.75) is 0 Å². The molecule has 0 aliphatic rings. The number of nitrogens with zero attached hydrogens (tertiary/aromatic N) is 1. The first kappa shape index (κ1) is 11.3. The molecule has 0 aliphatic carbocycles. The van der Waals surface area contributed by atoms with Crippen molar-refractivity contribution in [2.24, 2.45) is 10.9 Å². The van der Waals surface area contributed by atoms with E-state index in [2.05, 4.69) is 10.5 Å². The standard InChI is InChI=1S/C9H10ClN3O2/c10-7-3-1-6(2-4-7)9(14)12-5-8(11)13-15/h1-4,15H,5H2,(H2,11,13)(H,12,14). The summed E-state index contributed by atoms with van der Waals surface area (Å²) in [6.45, 7) is -0.00202. The minimum atomic E-state index is -0.307. The monoisotopic (exact) mass is 227 g/mol. The number of amidine groups is 1. The van der Waals surface area contributed by atoms with Crippen LogP contribution in [0, 0.1) is 0 Å². The first-order chi connectivity index (χ1) is 7.13. The molecule has 0 aliphatic heterocycles. The van der Waals surface area contributed by atoms with Crippen LogP contribution in [0.3, 0.4) is 0 Å². The second-order valence-corrected chi connectivity index (χ2v) is 3.22. The quantitative estimate of drug-likeness (QED) is 0.309. The van der Waals surface area contributed by atoms with Gasteiger partial charge >= 0.3 is 0 Å². The van der Waals surface area contributed by atoms with Gasteiger partial charge in [-0.2, -0.15) is 0 Å². The van der Waals surface area contributed by atoms with Gasteiger partial charge in [-0.15, -0.1) is 0 Å². The molecule has 0 saturated carbocycles. The fraction of sp³-hybridized carbons (Fsp3) is 0.111. The average molecular weight is 228 g/mol. The molecule has 0 fully saturated rings. The largest absolute Gasteiger partial charge is 0.409 e. The number of benzene rings is 1. The topological polar surface area (TPSA) is 87.7 Å². The molecule has 0 saturated heterocycles. The van der Waals surface area contributed by atoms with Gasteiger partial charge in [-0.05, 0) is 24.3 Å². The first-order valence-electron chi connectivity index (χ1n) is 4.13. The third-order valence-electron chi connectivity index (χ3n) is 1.66. The Kier molecular flexibility index (Phi) is 3.93. The van der Waals surface area contributed by atoms with Crippen molar-refractivity contribution in [3.63, 3.8) is 0 Å². The molecule has 0 aromatic heterocycles. The van der Waals surface area contributed by atoms with Gasteiger partial charge < -0.3 is 16.3 Å².